The number of amides is 1. The lowest BCUT2D eigenvalue weighted by atomic mass is 9.90. The van der Waals surface area contributed by atoms with Crippen molar-refractivity contribution in [1.82, 2.24) is 10.2 Å². The second kappa shape index (κ2) is 6.75. The van der Waals surface area contributed by atoms with Crippen molar-refractivity contribution in [3.05, 3.63) is 0 Å². The number of carbonyl (C=O) groups is 1. The molecule has 102 valence electrons. The highest BCUT2D eigenvalue weighted by Gasteiger charge is 2.42. The van der Waals surface area contributed by atoms with Crippen molar-refractivity contribution in [2.24, 2.45) is 5.92 Å². The van der Waals surface area contributed by atoms with Crippen LogP contribution in [0.2, 0.25) is 0 Å². The molecule has 4 heteroatoms. The predicted molar refractivity (Wildman–Crippen MR) is 71.9 cm³/mol. The van der Waals surface area contributed by atoms with Crippen LogP contribution in [-0.4, -0.2) is 36.0 Å². The van der Waals surface area contributed by atoms with Gasteiger partial charge >= 0.3 is 0 Å². The minimum Gasteiger partial charge on any atom is -0.340 e. The topological polar surface area (TPSA) is 56.1 Å². The van der Waals surface area contributed by atoms with Crippen molar-refractivity contribution in [3.8, 4) is 6.07 Å². The van der Waals surface area contributed by atoms with E-state index in [4.69, 9.17) is 5.26 Å². The monoisotopic (exact) mass is 251 g/mol. The summed E-state index contributed by atoms with van der Waals surface area (Å²) in [5.74, 6) is 0.0837. The second-order valence-electron chi connectivity index (χ2n) is 5.24. The number of rotatable bonds is 6. The van der Waals surface area contributed by atoms with E-state index >= 15 is 0 Å². The molecule has 1 aliphatic rings. The van der Waals surface area contributed by atoms with Gasteiger partial charge in [0.25, 0.3) is 0 Å². The SMILES string of the molecule is CCCC1(C(=O)N(CC)CC(C)C#N)CCCN1. The second-order valence-corrected chi connectivity index (χ2v) is 5.24. The Morgan fingerprint density at radius 2 is 2.28 bits per heavy atom. The van der Waals surface area contributed by atoms with Gasteiger partial charge in [-0.1, -0.05) is 13.3 Å². The van der Waals surface area contributed by atoms with Crippen LogP contribution in [0.25, 0.3) is 0 Å². The van der Waals surface area contributed by atoms with Crippen LogP contribution in [0.4, 0.5) is 0 Å². The highest BCUT2D eigenvalue weighted by atomic mass is 16.2. The maximum absolute atomic E-state index is 12.7. The van der Waals surface area contributed by atoms with Gasteiger partial charge in [0.1, 0.15) is 0 Å². The first kappa shape index (κ1) is 15.0. The molecule has 0 aromatic rings. The van der Waals surface area contributed by atoms with Crippen LogP contribution in [-0.2, 0) is 4.79 Å². The van der Waals surface area contributed by atoms with Crippen molar-refractivity contribution in [2.75, 3.05) is 19.6 Å². The molecular weight excluding hydrogens is 226 g/mol. The maximum Gasteiger partial charge on any atom is 0.242 e. The molecule has 1 heterocycles. The van der Waals surface area contributed by atoms with Gasteiger partial charge in [-0.05, 0) is 39.7 Å². The average Bonchev–Trinajstić information content (AvgIpc) is 2.85. The van der Waals surface area contributed by atoms with E-state index < -0.39 is 0 Å². The lowest BCUT2D eigenvalue weighted by molar-refractivity contribution is -0.138. The Kier molecular flexibility index (Phi) is 5.61. The average molecular weight is 251 g/mol. The third-order valence-electron chi connectivity index (χ3n) is 3.71. The zero-order valence-corrected chi connectivity index (χ0v) is 11.8. The fraction of sp³-hybridized carbons (Fsp3) is 0.857. The van der Waals surface area contributed by atoms with Gasteiger partial charge in [0.05, 0.1) is 17.5 Å². The van der Waals surface area contributed by atoms with Crippen LogP contribution in [0.15, 0.2) is 0 Å². The predicted octanol–water partition coefficient (Wildman–Crippen LogP) is 1.92. The van der Waals surface area contributed by atoms with Crippen molar-refractivity contribution in [3.63, 3.8) is 0 Å². The minimum absolute atomic E-state index is 0.103. The van der Waals surface area contributed by atoms with E-state index in [1.807, 2.05) is 18.7 Å². The lowest BCUT2D eigenvalue weighted by Gasteiger charge is -2.34. The molecule has 0 aliphatic carbocycles. The van der Waals surface area contributed by atoms with Gasteiger partial charge in [0.15, 0.2) is 0 Å². The molecule has 2 unspecified atom stereocenters. The number of hydrogen-bond acceptors (Lipinski definition) is 3. The molecule has 4 nitrogen and oxygen atoms in total. The molecule has 1 amide bonds. The van der Waals surface area contributed by atoms with Crippen LogP contribution in [0.1, 0.15) is 46.5 Å². The summed E-state index contributed by atoms with van der Waals surface area (Å²) in [7, 11) is 0. The largest absolute Gasteiger partial charge is 0.340 e. The number of hydrogen-bond donors (Lipinski definition) is 1. The van der Waals surface area contributed by atoms with Gasteiger partial charge in [-0.2, -0.15) is 5.26 Å². The molecule has 0 spiro atoms. The summed E-state index contributed by atoms with van der Waals surface area (Å²) in [6.07, 6.45) is 3.89. The van der Waals surface area contributed by atoms with Crippen LogP contribution in [0.3, 0.4) is 0 Å². The molecule has 1 fully saturated rings. The van der Waals surface area contributed by atoms with E-state index in [2.05, 4.69) is 18.3 Å². The molecule has 18 heavy (non-hydrogen) atoms. The van der Waals surface area contributed by atoms with Gasteiger partial charge in [-0.3, -0.25) is 4.79 Å². The first-order valence-electron chi connectivity index (χ1n) is 7.03. The first-order valence-corrected chi connectivity index (χ1v) is 7.03. The quantitative estimate of drug-likeness (QED) is 0.784. The minimum atomic E-state index is -0.361. The summed E-state index contributed by atoms with van der Waals surface area (Å²) >= 11 is 0. The molecule has 2 atom stereocenters. The van der Waals surface area contributed by atoms with E-state index in [0.29, 0.717) is 13.1 Å². The first-order chi connectivity index (χ1) is 8.59. The van der Waals surface area contributed by atoms with Crippen molar-refractivity contribution in [2.45, 2.75) is 52.0 Å². The molecule has 0 bridgehead atoms. The molecular formula is C14H25N3O. The van der Waals surface area contributed by atoms with Crippen molar-refractivity contribution >= 4 is 5.91 Å². The molecule has 0 aromatic carbocycles. The molecule has 0 radical (unpaired) electrons. The Morgan fingerprint density at radius 1 is 1.56 bits per heavy atom. The fourth-order valence-corrected chi connectivity index (χ4v) is 2.77. The van der Waals surface area contributed by atoms with Crippen molar-refractivity contribution < 1.29 is 4.79 Å². The normalized spacial score (nSPS) is 24.6. The molecule has 1 aliphatic heterocycles. The Morgan fingerprint density at radius 3 is 2.72 bits per heavy atom. The Hall–Kier alpha value is -1.08. The highest BCUT2D eigenvalue weighted by molar-refractivity contribution is 5.86. The van der Waals surface area contributed by atoms with E-state index in [-0.39, 0.29) is 17.4 Å². The molecule has 0 aromatic heterocycles. The number of likely N-dealkylation sites (N-methyl/N-ethyl adjacent to an activating group) is 1. The fourth-order valence-electron chi connectivity index (χ4n) is 2.77. The zero-order valence-electron chi connectivity index (χ0n) is 11.8. The summed E-state index contributed by atoms with van der Waals surface area (Å²) in [6.45, 7) is 8.11. The van der Waals surface area contributed by atoms with Crippen LogP contribution >= 0.6 is 0 Å². The van der Waals surface area contributed by atoms with E-state index in [1.165, 1.54) is 0 Å². The number of carbonyl (C=O) groups excluding carboxylic acids is 1. The standard InChI is InChI=1S/C14H25N3O/c1-4-7-14(8-6-9-16-14)13(18)17(5-2)11-12(3)10-15/h12,16H,4-9,11H2,1-3H3. The summed E-state index contributed by atoms with van der Waals surface area (Å²) in [6, 6.07) is 2.21. The summed E-state index contributed by atoms with van der Waals surface area (Å²) in [5, 5.41) is 12.3. The summed E-state index contributed by atoms with van der Waals surface area (Å²) < 4.78 is 0. The third-order valence-corrected chi connectivity index (χ3v) is 3.71. The van der Waals surface area contributed by atoms with E-state index in [1.54, 1.807) is 0 Å². The molecule has 0 saturated carbocycles. The molecule has 1 saturated heterocycles. The Labute approximate surface area is 110 Å². The van der Waals surface area contributed by atoms with Crippen molar-refractivity contribution in [1.29, 1.82) is 5.26 Å². The molecule has 1 rings (SSSR count). The maximum atomic E-state index is 12.7. The van der Waals surface area contributed by atoms with Crippen LogP contribution in [0.5, 0.6) is 0 Å². The zero-order chi connectivity index (χ0) is 13.6. The van der Waals surface area contributed by atoms with E-state index in [0.717, 1.165) is 32.2 Å². The van der Waals surface area contributed by atoms with Gasteiger partial charge in [-0.25, -0.2) is 0 Å². The van der Waals surface area contributed by atoms with E-state index in [9.17, 15) is 4.79 Å². The summed E-state index contributed by atoms with van der Waals surface area (Å²) in [4.78, 5) is 14.5. The number of nitriles is 1. The van der Waals surface area contributed by atoms with Gasteiger partial charge in [-0.15, -0.1) is 0 Å². The lowest BCUT2D eigenvalue weighted by Crippen LogP contribution is -2.55. The third kappa shape index (κ3) is 3.23. The van der Waals surface area contributed by atoms with Gasteiger partial charge in [0, 0.05) is 13.1 Å². The Bertz CT molecular complexity index is 315. The van der Waals surface area contributed by atoms with Crippen LogP contribution < -0.4 is 5.32 Å². The number of nitrogens with one attached hydrogen (secondary N) is 1. The van der Waals surface area contributed by atoms with Crippen LogP contribution in [0, 0.1) is 17.2 Å². The smallest absolute Gasteiger partial charge is 0.242 e. The Balaban J connectivity index is 2.77. The van der Waals surface area contributed by atoms with Gasteiger partial charge < -0.3 is 10.2 Å². The molecule has 1 N–H and O–H groups in total. The highest BCUT2D eigenvalue weighted by Crippen LogP contribution is 2.27. The van der Waals surface area contributed by atoms with Gasteiger partial charge in [0.2, 0.25) is 5.91 Å². The summed E-state index contributed by atoms with van der Waals surface area (Å²) in [5.41, 5.74) is -0.361. The number of nitrogens with zero attached hydrogens (tertiary/aromatic N) is 2.